The molecule has 0 saturated carbocycles. The number of nitrogens with one attached hydrogen (secondary N) is 1. The van der Waals surface area contributed by atoms with Crippen molar-refractivity contribution in [1.82, 2.24) is 5.32 Å². The third-order valence-corrected chi connectivity index (χ3v) is 3.84. The summed E-state index contributed by atoms with van der Waals surface area (Å²) in [4.78, 5) is 0. The molecule has 1 heterocycles. The highest BCUT2D eigenvalue weighted by Crippen LogP contribution is 2.33. The van der Waals surface area contributed by atoms with E-state index in [9.17, 15) is 13.9 Å². The van der Waals surface area contributed by atoms with Gasteiger partial charge in [-0.3, -0.25) is 0 Å². The Morgan fingerprint density at radius 2 is 2.26 bits per heavy atom. The average Bonchev–Trinajstić information content (AvgIpc) is 2.35. The molecule has 1 aromatic rings. The molecule has 2 rings (SSSR count). The molecule has 1 aliphatic rings. The fraction of sp³-hybridized carbons (Fsp3) is 0.538. The van der Waals surface area contributed by atoms with Gasteiger partial charge >= 0.3 is 0 Å². The molecular weight excluding hydrogens is 320 g/mol. The van der Waals surface area contributed by atoms with E-state index in [2.05, 4.69) is 21.2 Å². The normalized spacial score (nSPS) is 23.1. The van der Waals surface area contributed by atoms with Crippen molar-refractivity contribution in [2.75, 3.05) is 19.8 Å². The molecule has 19 heavy (non-hydrogen) atoms. The topological polar surface area (TPSA) is 41.5 Å². The molecule has 1 fully saturated rings. The van der Waals surface area contributed by atoms with Gasteiger partial charge in [0.1, 0.15) is 11.6 Å². The molecule has 0 amide bonds. The first-order chi connectivity index (χ1) is 8.92. The van der Waals surface area contributed by atoms with Crippen LogP contribution in [0.15, 0.2) is 16.6 Å². The third-order valence-electron chi connectivity index (χ3n) is 3.22. The smallest absolute Gasteiger partial charge is 0.146 e. The molecule has 0 aromatic heterocycles. The number of morpholine rings is 1. The van der Waals surface area contributed by atoms with Crippen LogP contribution in [-0.4, -0.2) is 30.9 Å². The number of ether oxygens (including phenoxy) is 1. The van der Waals surface area contributed by atoms with Gasteiger partial charge in [0.25, 0.3) is 0 Å². The Hall–Kier alpha value is -0.560. The predicted molar refractivity (Wildman–Crippen MR) is 70.9 cm³/mol. The second-order valence-electron chi connectivity index (χ2n) is 4.92. The zero-order valence-corrected chi connectivity index (χ0v) is 12.1. The van der Waals surface area contributed by atoms with Gasteiger partial charge < -0.3 is 15.2 Å². The molecule has 2 unspecified atom stereocenters. The van der Waals surface area contributed by atoms with Crippen molar-refractivity contribution in [1.29, 1.82) is 0 Å². The highest BCUT2D eigenvalue weighted by atomic mass is 79.9. The van der Waals surface area contributed by atoms with Crippen molar-refractivity contribution in [3.05, 3.63) is 33.8 Å². The summed E-state index contributed by atoms with van der Waals surface area (Å²) >= 11 is 3.00. The molecule has 0 spiro atoms. The lowest BCUT2D eigenvalue weighted by Crippen LogP contribution is -2.45. The quantitative estimate of drug-likeness (QED) is 0.833. The zero-order chi connectivity index (χ0) is 14.0. The second kappa shape index (κ2) is 5.83. The number of benzene rings is 1. The standard InChI is InChI=1S/C13H16BrF2NO2/c1-13(18,6-8-7-19-5-4-17-8)11-10(15)3-2-9(14)12(11)16/h2-3,8,17-18H,4-7H2,1H3. The van der Waals surface area contributed by atoms with Crippen LogP contribution < -0.4 is 5.32 Å². The van der Waals surface area contributed by atoms with Gasteiger partial charge in [0, 0.05) is 12.6 Å². The maximum Gasteiger partial charge on any atom is 0.146 e. The van der Waals surface area contributed by atoms with E-state index >= 15 is 0 Å². The summed E-state index contributed by atoms with van der Waals surface area (Å²) < 4.78 is 33.2. The van der Waals surface area contributed by atoms with Gasteiger partial charge in [-0.05, 0) is 41.4 Å². The van der Waals surface area contributed by atoms with E-state index in [0.29, 0.717) is 19.8 Å². The summed E-state index contributed by atoms with van der Waals surface area (Å²) in [5.41, 5.74) is -1.91. The maximum absolute atomic E-state index is 14.0. The van der Waals surface area contributed by atoms with Crippen LogP contribution in [0.5, 0.6) is 0 Å². The van der Waals surface area contributed by atoms with Crippen molar-refractivity contribution >= 4 is 15.9 Å². The molecule has 2 atom stereocenters. The van der Waals surface area contributed by atoms with E-state index < -0.39 is 17.2 Å². The van der Waals surface area contributed by atoms with Gasteiger partial charge in [-0.15, -0.1) is 0 Å². The van der Waals surface area contributed by atoms with Gasteiger partial charge in [-0.1, -0.05) is 0 Å². The molecule has 0 radical (unpaired) electrons. The first-order valence-electron chi connectivity index (χ1n) is 6.09. The first-order valence-corrected chi connectivity index (χ1v) is 6.88. The molecule has 3 nitrogen and oxygen atoms in total. The summed E-state index contributed by atoms with van der Waals surface area (Å²) in [7, 11) is 0. The van der Waals surface area contributed by atoms with Crippen LogP contribution in [0.1, 0.15) is 18.9 Å². The van der Waals surface area contributed by atoms with E-state index in [4.69, 9.17) is 4.74 Å². The summed E-state index contributed by atoms with van der Waals surface area (Å²) in [6.07, 6.45) is 0.178. The van der Waals surface area contributed by atoms with Gasteiger partial charge in [0.05, 0.1) is 28.9 Å². The van der Waals surface area contributed by atoms with E-state index in [0.717, 1.165) is 6.07 Å². The highest BCUT2D eigenvalue weighted by molar-refractivity contribution is 9.10. The van der Waals surface area contributed by atoms with Crippen LogP contribution in [0.2, 0.25) is 0 Å². The Morgan fingerprint density at radius 1 is 1.53 bits per heavy atom. The van der Waals surface area contributed by atoms with Crippen molar-refractivity contribution in [2.45, 2.75) is 25.0 Å². The summed E-state index contributed by atoms with van der Waals surface area (Å²) in [6.45, 7) is 3.12. The Labute approximate surface area is 119 Å². The van der Waals surface area contributed by atoms with Gasteiger partial charge in [-0.2, -0.15) is 0 Å². The Kier molecular flexibility index (Phi) is 4.55. The average molecular weight is 336 g/mol. The molecule has 106 valence electrons. The zero-order valence-electron chi connectivity index (χ0n) is 10.5. The molecule has 2 N–H and O–H groups in total. The minimum atomic E-state index is -1.60. The first kappa shape index (κ1) is 14.8. The van der Waals surface area contributed by atoms with Crippen LogP contribution in [0.4, 0.5) is 8.78 Å². The Morgan fingerprint density at radius 3 is 2.89 bits per heavy atom. The molecular formula is C13H16BrF2NO2. The van der Waals surface area contributed by atoms with Crippen LogP contribution in [0, 0.1) is 11.6 Å². The van der Waals surface area contributed by atoms with Crippen LogP contribution >= 0.6 is 15.9 Å². The predicted octanol–water partition coefficient (Wildman–Crippen LogP) is 2.31. The van der Waals surface area contributed by atoms with Crippen molar-refractivity contribution in [3.63, 3.8) is 0 Å². The highest BCUT2D eigenvalue weighted by Gasteiger charge is 2.34. The van der Waals surface area contributed by atoms with E-state index in [1.54, 1.807) is 0 Å². The minimum absolute atomic E-state index is 0.124. The van der Waals surface area contributed by atoms with Crippen molar-refractivity contribution in [3.8, 4) is 0 Å². The summed E-state index contributed by atoms with van der Waals surface area (Å²) in [6, 6.07) is 2.30. The van der Waals surface area contributed by atoms with Crippen molar-refractivity contribution in [2.24, 2.45) is 0 Å². The van der Waals surface area contributed by atoms with Gasteiger partial charge in [0.15, 0.2) is 0 Å². The lowest BCUT2D eigenvalue weighted by Gasteiger charge is -2.32. The van der Waals surface area contributed by atoms with Crippen LogP contribution in [0.3, 0.4) is 0 Å². The summed E-state index contributed by atoms with van der Waals surface area (Å²) in [5.74, 6) is -1.51. The number of halogens is 3. The van der Waals surface area contributed by atoms with E-state index in [1.807, 2.05) is 0 Å². The minimum Gasteiger partial charge on any atom is -0.385 e. The fourth-order valence-corrected chi connectivity index (χ4v) is 2.68. The third kappa shape index (κ3) is 3.31. The maximum atomic E-state index is 14.0. The SMILES string of the molecule is CC(O)(CC1COCCN1)c1c(F)ccc(Br)c1F. The number of hydrogen-bond acceptors (Lipinski definition) is 3. The molecule has 0 bridgehead atoms. The van der Waals surface area contributed by atoms with Crippen LogP contribution in [0.25, 0.3) is 0 Å². The van der Waals surface area contributed by atoms with Crippen LogP contribution in [-0.2, 0) is 10.3 Å². The lowest BCUT2D eigenvalue weighted by atomic mass is 9.88. The lowest BCUT2D eigenvalue weighted by molar-refractivity contribution is -0.00125. The fourth-order valence-electron chi connectivity index (χ4n) is 2.35. The molecule has 0 aliphatic carbocycles. The Balaban J connectivity index is 2.25. The van der Waals surface area contributed by atoms with E-state index in [-0.39, 0.29) is 22.5 Å². The molecule has 6 heteroatoms. The number of aliphatic hydroxyl groups is 1. The molecule has 1 aromatic carbocycles. The largest absolute Gasteiger partial charge is 0.385 e. The number of hydrogen-bond donors (Lipinski definition) is 2. The van der Waals surface area contributed by atoms with Gasteiger partial charge in [0.2, 0.25) is 0 Å². The molecule has 1 saturated heterocycles. The second-order valence-corrected chi connectivity index (χ2v) is 5.78. The van der Waals surface area contributed by atoms with Gasteiger partial charge in [-0.25, -0.2) is 8.78 Å². The molecule has 1 aliphatic heterocycles. The monoisotopic (exact) mass is 335 g/mol. The van der Waals surface area contributed by atoms with Crippen molar-refractivity contribution < 1.29 is 18.6 Å². The van der Waals surface area contributed by atoms with E-state index in [1.165, 1.54) is 13.0 Å². The Bertz CT molecular complexity index is 462. The summed E-state index contributed by atoms with van der Waals surface area (Å²) in [5, 5.41) is 13.6. The number of rotatable bonds is 3.